The molecule has 15 heavy (non-hydrogen) atoms. The maximum absolute atomic E-state index is 14.1. The van der Waals surface area contributed by atoms with Gasteiger partial charge in [-0.2, -0.15) is 0 Å². The molecule has 0 aromatic heterocycles. The third kappa shape index (κ3) is 1.25. The molecule has 78 valence electrons. The van der Waals surface area contributed by atoms with Crippen LogP contribution in [-0.2, 0) is 16.0 Å². The number of Topliss-reactive ketones (excluding diaryl/α,β-unsaturated/α-hetero) is 1. The Morgan fingerprint density at radius 3 is 2.73 bits per heavy atom. The van der Waals surface area contributed by atoms with Crippen molar-refractivity contribution in [2.24, 2.45) is 0 Å². The highest BCUT2D eigenvalue weighted by Crippen LogP contribution is 2.33. The first kappa shape index (κ1) is 9.83. The molecule has 0 aliphatic heterocycles. The van der Waals surface area contributed by atoms with Gasteiger partial charge in [-0.25, -0.2) is 9.18 Å². The highest BCUT2D eigenvalue weighted by Gasteiger charge is 2.53. The van der Waals surface area contributed by atoms with E-state index in [1.165, 1.54) is 6.07 Å². The van der Waals surface area contributed by atoms with E-state index in [-0.39, 0.29) is 12.0 Å². The third-order valence-corrected chi connectivity index (χ3v) is 2.56. The standard InChI is InChI=1S/C11H9FO3/c1-15-10(14)11(12)6-7-4-2-3-5-8(7)9(11)13/h2-5H,6H2,1H3. The van der Waals surface area contributed by atoms with Crippen molar-refractivity contribution in [3.8, 4) is 0 Å². The second-order valence-electron chi connectivity index (χ2n) is 3.46. The van der Waals surface area contributed by atoms with Crippen LogP contribution in [0.2, 0.25) is 0 Å². The Kier molecular flexibility index (Phi) is 2.07. The summed E-state index contributed by atoms with van der Waals surface area (Å²) in [6.07, 6.45) is -0.228. The smallest absolute Gasteiger partial charge is 0.352 e. The highest BCUT2D eigenvalue weighted by atomic mass is 19.1. The van der Waals surface area contributed by atoms with E-state index < -0.39 is 17.4 Å². The van der Waals surface area contributed by atoms with Gasteiger partial charge in [-0.05, 0) is 5.56 Å². The van der Waals surface area contributed by atoms with Gasteiger partial charge < -0.3 is 4.74 Å². The van der Waals surface area contributed by atoms with Gasteiger partial charge in [0.15, 0.2) is 0 Å². The van der Waals surface area contributed by atoms with E-state index in [1.54, 1.807) is 18.2 Å². The van der Waals surface area contributed by atoms with E-state index in [2.05, 4.69) is 4.74 Å². The Morgan fingerprint density at radius 1 is 1.47 bits per heavy atom. The van der Waals surface area contributed by atoms with Crippen molar-refractivity contribution in [1.82, 2.24) is 0 Å². The summed E-state index contributed by atoms with van der Waals surface area (Å²) in [7, 11) is 1.07. The quantitative estimate of drug-likeness (QED) is 0.516. The molecule has 0 N–H and O–H groups in total. The number of ketones is 1. The summed E-state index contributed by atoms with van der Waals surface area (Å²) in [5.74, 6) is -1.92. The molecule has 0 radical (unpaired) electrons. The van der Waals surface area contributed by atoms with Crippen LogP contribution >= 0.6 is 0 Å². The molecule has 1 aliphatic carbocycles. The number of methoxy groups -OCH3 is 1. The van der Waals surface area contributed by atoms with Gasteiger partial charge in [0.2, 0.25) is 5.78 Å². The van der Waals surface area contributed by atoms with Crippen LogP contribution in [0.15, 0.2) is 24.3 Å². The molecule has 3 nitrogen and oxygen atoms in total. The van der Waals surface area contributed by atoms with E-state index in [0.717, 1.165) is 7.11 Å². The van der Waals surface area contributed by atoms with Gasteiger partial charge >= 0.3 is 5.97 Å². The predicted molar refractivity (Wildman–Crippen MR) is 50.3 cm³/mol. The zero-order valence-corrected chi connectivity index (χ0v) is 8.12. The molecule has 1 aromatic rings. The normalized spacial score (nSPS) is 23.7. The third-order valence-electron chi connectivity index (χ3n) is 2.56. The van der Waals surface area contributed by atoms with Crippen LogP contribution in [0.1, 0.15) is 15.9 Å². The first-order valence-corrected chi connectivity index (χ1v) is 4.49. The van der Waals surface area contributed by atoms with Gasteiger partial charge in [-0.15, -0.1) is 0 Å². The van der Waals surface area contributed by atoms with Crippen molar-refractivity contribution in [2.45, 2.75) is 12.1 Å². The molecule has 0 fully saturated rings. The van der Waals surface area contributed by atoms with Crippen molar-refractivity contribution >= 4 is 11.8 Å². The first-order chi connectivity index (χ1) is 7.09. The molecule has 1 aromatic carbocycles. The largest absolute Gasteiger partial charge is 0.466 e. The van der Waals surface area contributed by atoms with Crippen LogP contribution in [0.25, 0.3) is 0 Å². The lowest BCUT2D eigenvalue weighted by molar-refractivity contribution is -0.150. The lowest BCUT2D eigenvalue weighted by atomic mass is 10.0. The Labute approximate surface area is 85.9 Å². The number of benzene rings is 1. The Morgan fingerprint density at radius 2 is 2.13 bits per heavy atom. The molecule has 0 amide bonds. The fourth-order valence-corrected chi connectivity index (χ4v) is 1.78. The average molecular weight is 208 g/mol. The summed E-state index contributed by atoms with van der Waals surface area (Å²) in [5, 5.41) is 0. The summed E-state index contributed by atoms with van der Waals surface area (Å²) in [4.78, 5) is 22.8. The average Bonchev–Trinajstić information content (AvgIpc) is 2.52. The number of alkyl halides is 1. The lowest BCUT2D eigenvalue weighted by Crippen LogP contribution is -2.40. The summed E-state index contributed by atoms with van der Waals surface area (Å²) in [5.41, 5.74) is -1.71. The fraction of sp³-hybridized carbons (Fsp3) is 0.273. The molecule has 1 unspecified atom stereocenters. The molecule has 0 saturated heterocycles. The summed E-state index contributed by atoms with van der Waals surface area (Å²) >= 11 is 0. The Balaban J connectivity index is 2.47. The molecule has 2 rings (SSSR count). The van der Waals surface area contributed by atoms with Crippen LogP contribution in [-0.4, -0.2) is 24.5 Å². The number of carbonyl (C=O) groups is 2. The monoisotopic (exact) mass is 208 g/mol. The molecular weight excluding hydrogens is 199 g/mol. The van der Waals surface area contributed by atoms with E-state index in [1.807, 2.05) is 0 Å². The molecule has 0 saturated carbocycles. The minimum atomic E-state index is -2.53. The zero-order chi connectivity index (χ0) is 11.1. The number of hydrogen-bond donors (Lipinski definition) is 0. The second kappa shape index (κ2) is 3.15. The van der Waals surface area contributed by atoms with E-state index in [9.17, 15) is 14.0 Å². The molecule has 0 spiro atoms. The maximum atomic E-state index is 14.1. The Hall–Kier alpha value is -1.71. The van der Waals surface area contributed by atoms with Crippen molar-refractivity contribution in [3.05, 3.63) is 35.4 Å². The van der Waals surface area contributed by atoms with Gasteiger partial charge in [0.1, 0.15) is 0 Å². The number of ether oxygens (including phenoxy) is 1. The van der Waals surface area contributed by atoms with Crippen molar-refractivity contribution in [1.29, 1.82) is 0 Å². The Bertz CT molecular complexity index is 441. The second-order valence-corrected chi connectivity index (χ2v) is 3.46. The van der Waals surface area contributed by atoms with E-state index in [4.69, 9.17) is 0 Å². The minimum Gasteiger partial charge on any atom is -0.466 e. The number of carbonyl (C=O) groups excluding carboxylic acids is 2. The van der Waals surface area contributed by atoms with Gasteiger partial charge in [0.05, 0.1) is 7.11 Å². The topological polar surface area (TPSA) is 43.4 Å². The van der Waals surface area contributed by atoms with Gasteiger partial charge in [0.25, 0.3) is 5.67 Å². The van der Waals surface area contributed by atoms with Crippen LogP contribution in [0.4, 0.5) is 4.39 Å². The number of halogens is 1. The molecular formula is C11H9FO3. The minimum absolute atomic E-state index is 0.228. The predicted octanol–water partition coefficient (Wildman–Crippen LogP) is 1.31. The number of rotatable bonds is 1. The van der Waals surface area contributed by atoms with Gasteiger partial charge in [0, 0.05) is 12.0 Å². The first-order valence-electron chi connectivity index (χ1n) is 4.49. The van der Waals surface area contributed by atoms with Crippen molar-refractivity contribution in [2.75, 3.05) is 7.11 Å². The summed E-state index contributed by atoms with van der Waals surface area (Å²) in [6, 6.07) is 6.49. The molecule has 0 heterocycles. The maximum Gasteiger partial charge on any atom is 0.352 e. The van der Waals surface area contributed by atoms with E-state index >= 15 is 0 Å². The van der Waals surface area contributed by atoms with Crippen LogP contribution in [0.5, 0.6) is 0 Å². The highest BCUT2D eigenvalue weighted by molar-refractivity contribution is 6.18. The summed E-state index contributed by atoms with van der Waals surface area (Å²) in [6.45, 7) is 0. The fourth-order valence-electron chi connectivity index (χ4n) is 1.78. The SMILES string of the molecule is COC(=O)C1(F)Cc2ccccc2C1=O. The van der Waals surface area contributed by atoms with E-state index in [0.29, 0.717) is 5.56 Å². The van der Waals surface area contributed by atoms with Gasteiger partial charge in [-0.3, -0.25) is 4.79 Å². The van der Waals surface area contributed by atoms with Crippen molar-refractivity contribution < 1.29 is 18.7 Å². The zero-order valence-electron chi connectivity index (χ0n) is 8.12. The molecule has 1 atom stereocenters. The molecule has 4 heteroatoms. The van der Waals surface area contributed by atoms with Crippen LogP contribution < -0.4 is 0 Å². The summed E-state index contributed by atoms with van der Waals surface area (Å²) < 4.78 is 18.4. The van der Waals surface area contributed by atoms with Crippen molar-refractivity contribution in [3.63, 3.8) is 0 Å². The number of hydrogen-bond acceptors (Lipinski definition) is 3. The van der Waals surface area contributed by atoms with Gasteiger partial charge in [-0.1, -0.05) is 24.3 Å². The number of fused-ring (bicyclic) bond motifs is 1. The molecule has 0 bridgehead atoms. The molecule has 1 aliphatic rings. The van der Waals surface area contributed by atoms with Crippen LogP contribution in [0, 0.1) is 0 Å². The number of esters is 1. The van der Waals surface area contributed by atoms with Crippen LogP contribution in [0.3, 0.4) is 0 Å². The lowest BCUT2D eigenvalue weighted by Gasteiger charge is -2.13.